The van der Waals surface area contributed by atoms with E-state index in [1.54, 1.807) is 19.1 Å². The summed E-state index contributed by atoms with van der Waals surface area (Å²) in [6.45, 7) is 1.72. The summed E-state index contributed by atoms with van der Waals surface area (Å²) < 4.78 is 20.6. The lowest BCUT2D eigenvalue weighted by Crippen LogP contribution is -2.19. The minimum absolute atomic E-state index is 0.154. The number of thioether (sulfide) groups is 1. The largest absolute Gasteiger partial charge is 0.493 e. The molecule has 1 saturated heterocycles. The number of methoxy groups -OCH3 is 2. The number of ether oxygens (including phenoxy) is 4. The molecule has 1 amide bonds. The molecule has 1 N–H and O–H groups in total. The third-order valence-corrected chi connectivity index (χ3v) is 4.97. The Hall–Kier alpha value is -2.86. The Kier molecular flexibility index (Phi) is 8.87. The molecule has 0 aromatic heterocycles. The van der Waals surface area contributed by atoms with E-state index in [1.807, 2.05) is 0 Å². The van der Waals surface area contributed by atoms with Crippen molar-refractivity contribution >= 4 is 56.9 Å². The molecule has 1 aromatic rings. The lowest BCUT2D eigenvalue weighted by molar-refractivity contribution is -0.145. The van der Waals surface area contributed by atoms with Crippen LogP contribution in [0.3, 0.4) is 0 Å². The molecule has 10 nitrogen and oxygen atoms in total. The van der Waals surface area contributed by atoms with Crippen LogP contribution in [0.2, 0.25) is 0 Å². The number of amides is 1. The number of hydrogen-bond donors (Lipinski definition) is 1. The van der Waals surface area contributed by atoms with Crippen molar-refractivity contribution in [3.8, 4) is 11.5 Å². The first-order valence-electron chi connectivity index (χ1n) is 8.43. The second kappa shape index (κ2) is 11.4. The third-order valence-electron chi connectivity index (χ3n) is 3.38. The fourth-order valence-corrected chi connectivity index (χ4v) is 3.21. The molecule has 1 heterocycles. The molecule has 12 heteroatoms. The zero-order valence-electron chi connectivity index (χ0n) is 16.3. The molecule has 0 saturated carbocycles. The van der Waals surface area contributed by atoms with E-state index in [-0.39, 0.29) is 23.3 Å². The summed E-state index contributed by atoms with van der Waals surface area (Å²) >= 11 is 4.35. The number of carbonyl (C=O) groups is 3. The molecule has 0 atom stereocenters. The number of amidine groups is 1. The Morgan fingerprint density at radius 3 is 2.70 bits per heavy atom. The summed E-state index contributed by atoms with van der Waals surface area (Å²) in [6.07, 6.45) is 2.51. The van der Waals surface area contributed by atoms with Crippen LogP contribution in [0.4, 0.5) is 0 Å². The van der Waals surface area contributed by atoms with Crippen LogP contribution in [0.25, 0.3) is 0 Å². The molecule has 1 aliphatic rings. The summed E-state index contributed by atoms with van der Waals surface area (Å²) in [5.74, 6) is -0.876. The molecule has 1 aromatic carbocycles. The second-order valence-electron chi connectivity index (χ2n) is 5.36. The van der Waals surface area contributed by atoms with E-state index in [1.165, 1.54) is 20.4 Å². The van der Waals surface area contributed by atoms with Gasteiger partial charge in [0.25, 0.3) is 5.91 Å². The maximum absolute atomic E-state index is 11.8. The van der Waals surface area contributed by atoms with Crippen molar-refractivity contribution in [3.05, 3.63) is 33.2 Å². The lowest BCUT2D eigenvalue weighted by Gasteiger charge is -2.12. The van der Waals surface area contributed by atoms with Gasteiger partial charge in [0.15, 0.2) is 23.3 Å². The van der Waals surface area contributed by atoms with Crippen LogP contribution in [-0.2, 0) is 23.9 Å². The molecule has 0 bridgehead atoms. The smallest absolute Gasteiger partial charge is 0.344 e. The highest BCUT2D eigenvalue weighted by Crippen LogP contribution is 2.33. The van der Waals surface area contributed by atoms with Gasteiger partial charge in [-0.1, -0.05) is 0 Å². The first-order chi connectivity index (χ1) is 14.4. The van der Waals surface area contributed by atoms with E-state index in [0.717, 1.165) is 17.8 Å². The van der Waals surface area contributed by atoms with Gasteiger partial charge < -0.3 is 18.9 Å². The van der Waals surface area contributed by atoms with Crippen molar-refractivity contribution in [1.29, 1.82) is 0 Å². The van der Waals surface area contributed by atoms with Crippen molar-refractivity contribution in [2.24, 2.45) is 10.2 Å². The molecular formula is C18H18BrN3O7S. The Bertz CT molecular complexity index is 931. The van der Waals surface area contributed by atoms with Gasteiger partial charge >= 0.3 is 11.9 Å². The van der Waals surface area contributed by atoms with Gasteiger partial charge in [-0.25, -0.2) is 9.59 Å². The summed E-state index contributed by atoms with van der Waals surface area (Å²) in [6, 6.07) is 3.26. The third kappa shape index (κ3) is 6.59. The van der Waals surface area contributed by atoms with Gasteiger partial charge in [-0.2, -0.15) is 5.10 Å². The number of hydrogen-bond acceptors (Lipinski definition) is 10. The van der Waals surface area contributed by atoms with E-state index in [4.69, 9.17) is 14.2 Å². The van der Waals surface area contributed by atoms with E-state index < -0.39 is 17.8 Å². The van der Waals surface area contributed by atoms with Gasteiger partial charge in [0, 0.05) is 16.1 Å². The SMILES string of the molecule is CCOC(=O)COc1cc(Br)c(C=N/N=C2/NC(=O)/C(=C\C(=O)OC)S2)cc1OC. The van der Waals surface area contributed by atoms with Crippen molar-refractivity contribution < 1.29 is 33.3 Å². The van der Waals surface area contributed by atoms with Crippen LogP contribution in [0.1, 0.15) is 12.5 Å². The van der Waals surface area contributed by atoms with E-state index >= 15 is 0 Å². The average molecular weight is 500 g/mol. The summed E-state index contributed by atoms with van der Waals surface area (Å²) in [4.78, 5) is 34.6. The molecule has 160 valence electrons. The van der Waals surface area contributed by atoms with Crippen molar-refractivity contribution in [3.63, 3.8) is 0 Å². The lowest BCUT2D eigenvalue weighted by atomic mass is 10.2. The number of nitrogens with zero attached hydrogens (tertiary/aromatic N) is 2. The van der Waals surface area contributed by atoms with Gasteiger partial charge in [-0.05, 0) is 46.7 Å². The summed E-state index contributed by atoms with van der Waals surface area (Å²) in [5, 5.41) is 10.6. The Morgan fingerprint density at radius 2 is 2.03 bits per heavy atom. The molecule has 1 aliphatic heterocycles. The number of esters is 2. The van der Waals surface area contributed by atoms with Gasteiger partial charge in [0.1, 0.15) is 0 Å². The summed E-state index contributed by atoms with van der Waals surface area (Å²) in [5.41, 5.74) is 0.610. The monoisotopic (exact) mass is 499 g/mol. The van der Waals surface area contributed by atoms with Crippen LogP contribution < -0.4 is 14.8 Å². The van der Waals surface area contributed by atoms with E-state index in [0.29, 0.717) is 21.5 Å². The van der Waals surface area contributed by atoms with Crippen LogP contribution in [0.15, 0.2) is 37.8 Å². The predicted octanol–water partition coefficient (Wildman–Crippen LogP) is 2.01. The molecule has 0 spiro atoms. The molecule has 1 fully saturated rings. The summed E-state index contributed by atoms with van der Waals surface area (Å²) in [7, 11) is 2.68. The van der Waals surface area contributed by atoms with Gasteiger partial charge in [-0.15, -0.1) is 5.10 Å². The molecule has 30 heavy (non-hydrogen) atoms. The van der Waals surface area contributed by atoms with E-state index in [9.17, 15) is 14.4 Å². The predicted molar refractivity (Wildman–Crippen MR) is 114 cm³/mol. The number of rotatable bonds is 8. The minimum atomic E-state index is -0.640. The maximum Gasteiger partial charge on any atom is 0.344 e. The highest BCUT2D eigenvalue weighted by Gasteiger charge is 2.25. The average Bonchev–Trinajstić information content (AvgIpc) is 3.06. The number of nitrogens with one attached hydrogen (secondary N) is 1. The topological polar surface area (TPSA) is 125 Å². The van der Waals surface area contributed by atoms with Gasteiger partial charge in [0.2, 0.25) is 0 Å². The zero-order chi connectivity index (χ0) is 22.1. The quantitative estimate of drug-likeness (QED) is 0.249. The van der Waals surface area contributed by atoms with Crippen LogP contribution in [0.5, 0.6) is 11.5 Å². The Balaban J connectivity index is 2.11. The number of halogens is 1. The standard InChI is InChI=1S/C18H18BrN3O7S/c1-4-28-16(24)9-29-13-6-11(19)10(5-12(13)26-2)8-20-22-18-21-17(25)14(30-18)7-15(23)27-3/h5-8H,4,9H2,1-3H3,(H,21,22,25)/b14-7+,20-8?. The fraction of sp³-hybridized carbons (Fsp3) is 0.278. The fourth-order valence-electron chi connectivity index (χ4n) is 2.05. The van der Waals surface area contributed by atoms with E-state index in [2.05, 4.69) is 36.2 Å². The first kappa shape index (κ1) is 23.4. The van der Waals surface area contributed by atoms with Crippen molar-refractivity contribution in [1.82, 2.24) is 5.32 Å². The zero-order valence-corrected chi connectivity index (χ0v) is 18.7. The van der Waals surface area contributed by atoms with Crippen LogP contribution in [0, 0.1) is 0 Å². The Labute approximate surface area is 184 Å². The van der Waals surface area contributed by atoms with Crippen LogP contribution in [-0.4, -0.2) is 56.7 Å². The molecule has 0 unspecified atom stereocenters. The highest BCUT2D eigenvalue weighted by molar-refractivity contribution is 9.10. The van der Waals surface area contributed by atoms with Gasteiger partial charge in [-0.3, -0.25) is 10.1 Å². The molecule has 0 radical (unpaired) electrons. The van der Waals surface area contributed by atoms with Crippen molar-refractivity contribution in [2.45, 2.75) is 6.92 Å². The van der Waals surface area contributed by atoms with Crippen LogP contribution >= 0.6 is 27.7 Å². The molecule has 0 aliphatic carbocycles. The second-order valence-corrected chi connectivity index (χ2v) is 7.24. The molecule has 2 rings (SSSR count). The first-order valence-corrected chi connectivity index (χ1v) is 10.0. The minimum Gasteiger partial charge on any atom is -0.493 e. The van der Waals surface area contributed by atoms with Gasteiger partial charge in [0.05, 0.1) is 31.9 Å². The number of carbonyl (C=O) groups excluding carboxylic acids is 3. The number of benzene rings is 1. The van der Waals surface area contributed by atoms with Crippen molar-refractivity contribution in [2.75, 3.05) is 27.4 Å². The maximum atomic E-state index is 11.8. The molecular weight excluding hydrogens is 482 g/mol. The normalized spacial score (nSPS) is 16.1. The highest BCUT2D eigenvalue weighted by atomic mass is 79.9. The Morgan fingerprint density at radius 1 is 1.27 bits per heavy atom.